The molecule has 0 radical (unpaired) electrons. The second-order valence-corrected chi connectivity index (χ2v) is 7.35. The summed E-state index contributed by atoms with van der Waals surface area (Å²) >= 11 is 18.5. The number of halogens is 3. The van der Waals surface area contributed by atoms with E-state index < -0.39 is 0 Å². The molecule has 0 amide bonds. The van der Waals surface area contributed by atoms with E-state index in [1.807, 2.05) is 18.2 Å². The molecule has 2 aromatic rings. The third-order valence-electron chi connectivity index (χ3n) is 4.02. The zero-order chi connectivity index (χ0) is 19.6. The average molecular weight is 433 g/mol. The van der Waals surface area contributed by atoms with Crippen LogP contribution in [-0.2, 0) is 13.2 Å². The van der Waals surface area contributed by atoms with Crippen LogP contribution < -0.4 is 14.8 Å². The molecule has 7 heteroatoms. The van der Waals surface area contributed by atoms with Crippen LogP contribution in [0.2, 0.25) is 15.1 Å². The normalized spacial score (nSPS) is 10.9. The lowest BCUT2D eigenvalue weighted by Crippen LogP contribution is -2.15. The molecule has 0 fully saturated rings. The average Bonchev–Trinajstić information content (AvgIpc) is 2.64. The van der Waals surface area contributed by atoms with Crippen LogP contribution in [0.1, 0.15) is 30.4 Å². The van der Waals surface area contributed by atoms with Gasteiger partial charge in [0.05, 0.1) is 12.1 Å². The topological polar surface area (TPSA) is 50.7 Å². The number of unbranched alkanes of at least 4 members (excludes halogenated alkanes) is 2. The fraction of sp³-hybridized carbons (Fsp3) is 0.400. The van der Waals surface area contributed by atoms with Crippen LogP contribution in [0.5, 0.6) is 11.5 Å². The molecule has 0 aromatic heterocycles. The van der Waals surface area contributed by atoms with Gasteiger partial charge in [-0.3, -0.25) is 0 Å². The number of aliphatic hydroxyl groups is 1. The first kappa shape index (κ1) is 22.1. The van der Waals surface area contributed by atoms with E-state index in [1.165, 1.54) is 0 Å². The summed E-state index contributed by atoms with van der Waals surface area (Å²) in [5.74, 6) is 1.06. The lowest BCUT2D eigenvalue weighted by molar-refractivity contribution is 0.282. The largest absolute Gasteiger partial charge is 0.493 e. The lowest BCUT2D eigenvalue weighted by atomic mass is 10.2. The van der Waals surface area contributed by atoms with E-state index in [4.69, 9.17) is 49.4 Å². The molecular formula is C20H24Cl3NO3. The number of hydrogen-bond donors (Lipinski definition) is 2. The standard InChI is InChI=1S/C20H24Cl3NO3/c1-26-19-10-14(12-24-7-3-2-4-8-25)9-18(23)20(19)27-13-15-5-6-16(21)11-17(15)22/h5-6,9-11,24-25H,2-4,7-8,12-13H2,1H3. The summed E-state index contributed by atoms with van der Waals surface area (Å²) in [6, 6.07) is 9.03. The van der Waals surface area contributed by atoms with Crippen molar-refractivity contribution in [2.45, 2.75) is 32.4 Å². The number of ether oxygens (including phenoxy) is 2. The Morgan fingerprint density at radius 3 is 2.52 bits per heavy atom. The third-order valence-corrected chi connectivity index (χ3v) is 4.88. The molecule has 0 heterocycles. The van der Waals surface area contributed by atoms with Gasteiger partial charge in [-0.15, -0.1) is 0 Å². The quantitative estimate of drug-likeness (QED) is 0.461. The smallest absolute Gasteiger partial charge is 0.180 e. The van der Waals surface area contributed by atoms with Gasteiger partial charge in [-0.05, 0) is 55.6 Å². The highest BCUT2D eigenvalue weighted by atomic mass is 35.5. The van der Waals surface area contributed by atoms with Gasteiger partial charge in [0, 0.05) is 28.8 Å². The molecule has 2 aromatic carbocycles. The number of aliphatic hydroxyl groups excluding tert-OH is 1. The molecule has 27 heavy (non-hydrogen) atoms. The highest BCUT2D eigenvalue weighted by Gasteiger charge is 2.13. The highest BCUT2D eigenvalue weighted by molar-refractivity contribution is 6.35. The molecule has 0 aliphatic heterocycles. The van der Waals surface area contributed by atoms with Gasteiger partial charge in [-0.1, -0.05) is 40.9 Å². The second kappa shape index (κ2) is 11.6. The van der Waals surface area contributed by atoms with E-state index in [1.54, 1.807) is 19.2 Å². The zero-order valence-electron chi connectivity index (χ0n) is 15.2. The molecule has 2 N–H and O–H groups in total. The van der Waals surface area contributed by atoms with Crippen LogP contribution in [-0.4, -0.2) is 25.4 Å². The van der Waals surface area contributed by atoms with Crippen LogP contribution in [0.15, 0.2) is 30.3 Å². The SMILES string of the molecule is COc1cc(CNCCCCCO)cc(Cl)c1OCc1ccc(Cl)cc1Cl. The van der Waals surface area contributed by atoms with Gasteiger partial charge in [-0.25, -0.2) is 0 Å². The molecule has 148 valence electrons. The monoisotopic (exact) mass is 431 g/mol. The summed E-state index contributed by atoms with van der Waals surface area (Å²) in [5, 5.41) is 13.7. The first-order valence-corrected chi connectivity index (χ1v) is 9.93. The van der Waals surface area contributed by atoms with Gasteiger partial charge in [0.1, 0.15) is 6.61 Å². The number of rotatable bonds is 11. The predicted octanol–water partition coefficient (Wildman–Crippen LogP) is 5.49. The van der Waals surface area contributed by atoms with Crippen molar-refractivity contribution in [2.24, 2.45) is 0 Å². The summed E-state index contributed by atoms with van der Waals surface area (Å²) in [6.45, 7) is 2.07. The van der Waals surface area contributed by atoms with E-state index in [9.17, 15) is 0 Å². The molecule has 0 bridgehead atoms. The summed E-state index contributed by atoms with van der Waals surface area (Å²) in [7, 11) is 1.58. The lowest BCUT2D eigenvalue weighted by Gasteiger charge is -2.15. The molecule has 0 unspecified atom stereocenters. The molecular weight excluding hydrogens is 409 g/mol. The third kappa shape index (κ3) is 7.05. The van der Waals surface area contributed by atoms with Crippen molar-refractivity contribution in [1.29, 1.82) is 0 Å². The summed E-state index contributed by atoms with van der Waals surface area (Å²) < 4.78 is 11.3. The van der Waals surface area contributed by atoms with Crippen LogP contribution in [0.4, 0.5) is 0 Å². The molecule has 0 spiro atoms. The zero-order valence-corrected chi connectivity index (χ0v) is 17.5. The highest BCUT2D eigenvalue weighted by Crippen LogP contribution is 2.37. The molecule has 0 saturated heterocycles. The molecule has 0 aliphatic rings. The minimum Gasteiger partial charge on any atom is -0.493 e. The first-order chi connectivity index (χ1) is 13.0. The Labute approximate surface area is 175 Å². The maximum absolute atomic E-state index is 8.78. The van der Waals surface area contributed by atoms with Gasteiger partial charge in [0.15, 0.2) is 11.5 Å². The number of nitrogens with one attached hydrogen (secondary N) is 1. The first-order valence-electron chi connectivity index (χ1n) is 8.80. The van der Waals surface area contributed by atoms with Crippen molar-refractivity contribution in [1.82, 2.24) is 5.32 Å². The van der Waals surface area contributed by atoms with Crippen molar-refractivity contribution in [3.63, 3.8) is 0 Å². The Hall–Kier alpha value is -1.17. The summed E-state index contributed by atoms with van der Waals surface area (Å²) in [5.41, 5.74) is 1.82. The predicted molar refractivity (Wildman–Crippen MR) is 111 cm³/mol. The van der Waals surface area contributed by atoms with E-state index in [-0.39, 0.29) is 13.2 Å². The Bertz CT molecular complexity index is 741. The summed E-state index contributed by atoms with van der Waals surface area (Å²) in [6.07, 6.45) is 2.87. The van der Waals surface area contributed by atoms with Crippen molar-refractivity contribution < 1.29 is 14.6 Å². The number of methoxy groups -OCH3 is 1. The Balaban J connectivity index is 1.98. The van der Waals surface area contributed by atoms with Gasteiger partial charge in [0.2, 0.25) is 0 Å². The van der Waals surface area contributed by atoms with E-state index in [0.29, 0.717) is 33.1 Å². The number of benzene rings is 2. The Morgan fingerprint density at radius 2 is 1.81 bits per heavy atom. The molecule has 0 aliphatic carbocycles. The fourth-order valence-corrected chi connectivity index (χ4v) is 3.33. The van der Waals surface area contributed by atoms with Crippen molar-refractivity contribution in [2.75, 3.05) is 20.3 Å². The van der Waals surface area contributed by atoms with Crippen molar-refractivity contribution in [3.8, 4) is 11.5 Å². The summed E-state index contributed by atoms with van der Waals surface area (Å²) in [4.78, 5) is 0. The minimum atomic E-state index is 0.246. The Morgan fingerprint density at radius 1 is 1.00 bits per heavy atom. The fourth-order valence-electron chi connectivity index (χ4n) is 2.58. The molecule has 4 nitrogen and oxygen atoms in total. The van der Waals surface area contributed by atoms with Crippen LogP contribution >= 0.6 is 34.8 Å². The maximum Gasteiger partial charge on any atom is 0.180 e. The van der Waals surface area contributed by atoms with E-state index in [2.05, 4.69) is 5.32 Å². The molecule has 0 saturated carbocycles. The van der Waals surface area contributed by atoms with E-state index >= 15 is 0 Å². The van der Waals surface area contributed by atoms with Gasteiger partial charge in [0.25, 0.3) is 0 Å². The second-order valence-electron chi connectivity index (χ2n) is 6.09. The maximum atomic E-state index is 8.78. The number of hydrogen-bond acceptors (Lipinski definition) is 4. The van der Waals surface area contributed by atoms with Crippen molar-refractivity contribution >= 4 is 34.8 Å². The van der Waals surface area contributed by atoms with Gasteiger partial charge >= 0.3 is 0 Å². The van der Waals surface area contributed by atoms with Crippen LogP contribution in [0.3, 0.4) is 0 Å². The van der Waals surface area contributed by atoms with Gasteiger partial charge in [-0.2, -0.15) is 0 Å². The van der Waals surface area contributed by atoms with Crippen molar-refractivity contribution in [3.05, 3.63) is 56.5 Å². The van der Waals surface area contributed by atoms with Gasteiger partial charge < -0.3 is 19.9 Å². The van der Waals surface area contributed by atoms with Crippen LogP contribution in [0.25, 0.3) is 0 Å². The minimum absolute atomic E-state index is 0.246. The van der Waals surface area contributed by atoms with E-state index in [0.717, 1.165) is 36.9 Å². The Kier molecular flexibility index (Phi) is 9.52. The van der Waals surface area contributed by atoms with Crippen LogP contribution in [0, 0.1) is 0 Å². The molecule has 0 atom stereocenters. The molecule has 2 rings (SSSR count).